The van der Waals surface area contributed by atoms with Gasteiger partial charge in [0.05, 0.1) is 0 Å². The van der Waals surface area contributed by atoms with Gasteiger partial charge in [-0.3, -0.25) is 9.59 Å². The standard InChI is InChI=1S/C10H14N2O5S2/c1-6-9(18-10(15)11-6)19(16,17)12-5-3-2-4-7(12)8(13)14/h7H,2-5H2,1H3,(H,11,15)(H,13,14)/t7-/m0/s1. The molecule has 0 bridgehead atoms. The van der Waals surface area contributed by atoms with E-state index in [4.69, 9.17) is 5.11 Å². The number of H-pyrrole nitrogens is 1. The second kappa shape index (κ2) is 5.06. The monoisotopic (exact) mass is 306 g/mol. The average Bonchev–Trinajstić information content (AvgIpc) is 2.69. The molecule has 1 atom stereocenters. The summed E-state index contributed by atoms with van der Waals surface area (Å²) in [5.74, 6) is -1.15. The van der Waals surface area contributed by atoms with E-state index in [1.807, 2.05) is 0 Å². The summed E-state index contributed by atoms with van der Waals surface area (Å²) < 4.78 is 25.8. The third-order valence-corrected chi connectivity index (χ3v) is 6.55. The molecule has 1 aromatic rings. The normalized spacial score (nSPS) is 21.4. The van der Waals surface area contributed by atoms with Crippen molar-refractivity contribution in [2.75, 3.05) is 6.54 Å². The Bertz CT molecular complexity index is 645. The molecule has 106 valence electrons. The molecule has 1 saturated heterocycles. The van der Waals surface area contributed by atoms with Gasteiger partial charge in [0.25, 0.3) is 10.0 Å². The van der Waals surface area contributed by atoms with Crippen molar-refractivity contribution in [1.82, 2.24) is 9.29 Å². The Morgan fingerprint density at radius 3 is 2.68 bits per heavy atom. The van der Waals surface area contributed by atoms with Crippen LogP contribution < -0.4 is 4.87 Å². The van der Waals surface area contributed by atoms with Gasteiger partial charge in [-0.25, -0.2) is 8.42 Å². The molecule has 19 heavy (non-hydrogen) atoms. The Hall–Kier alpha value is -1.19. The van der Waals surface area contributed by atoms with Gasteiger partial charge in [0.2, 0.25) is 0 Å². The number of piperidine rings is 1. The van der Waals surface area contributed by atoms with Crippen LogP contribution in [0, 0.1) is 6.92 Å². The van der Waals surface area contributed by atoms with Crippen molar-refractivity contribution >= 4 is 27.3 Å². The number of thiazole rings is 1. The number of nitrogens with one attached hydrogen (secondary N) is 1. The van der Waals surface area contributed by atoms with E-state index < -0.39 is 26.9 Å². The molecule has 0 aliphatic carbocycles. The molecule has 7 nitrogen and oxygen atoms in total. The maximum Gasteiger partial charge on any atom is 0.322 e. The molecule has 0 spiro atoms. The summed E-state index contributed by atoms with van der Waals surface area (Å²) in [6.45, 7) is 1.66. The van der Waals surface area contributed by atoms with Crippen LogP contribution in [0.15, 0.2) is 9.00 Å². The van der Waals surface area contributed by atoms with Crippen LogP contribution in [0.3, 0.4) is 0 Å². The second-order valence-corrected chi connectivity index (χ2v) is 7.46. The zero-order chi connectivity index (χ0) is 14.2. The fraction of sp³-hybridized carbons (Fsp3) is 0.600. The lowest BCUT2D eigenvalue weighted by molar-refractivity contribution is -0.142. The SMILES string of the molecule is Cc1[nH]c(=O)sc1S(=O)(=O)N1CCCC[C@H]1C(=O)O. The quantitative estimate of drug-likeness (QED) is 0.839. The lowest BCUT2D eigenvalue weighted by Crippen LogP contribution is -2.47. The van der Waals surface area contributed by atoms with Crippen LogP contribution in [0.25, 0.3) is 0 Å². The predicted octanol–water partition coefficient (Wildman–Crippen LogP) is 0.373. The average molecular weight is 306 g/mol. The fourth-order valence-corrected chi connectivity index (χ4v) is 5.25. The van der Waals surface area contributed by atoms with Crippen LogP contribution in [0.2, 0.25) is 0 Å². The summed E-state index contributed by atoms with van der Waals surface area (Å²) in [6, 6.07) is -1.05. The van der Waals surface area contributed by atoms with Crippen LogP contribution >= 0.6 is 11.3 Å². The molecule has 0 radical (unpaired) electrons. The number of carboxylic acid groups (broad SMARTS) is 1. The fourth-order valence-electron chi connectivity index (χ4n) is 2.18. The van der Waals surface area contributed by atoms with Crippen LogP contribution in [-0.4, -0.2) is 41.4 Å². The van der Waals surface area contributed by atoms with E-state index in [9.17, 15) is 18.0 Å². The van der Waals surface area contributed by atoms with Crippen molar-refractivity contribution in [1.29, 1.82) is 0 Å². The van der Waals surface area contributed by atoms with Gasteiger partial charge in [-0.2, -0.15) is 4.31 Å². The molecule has 0 amide bonds. The van der Waals surface area contributed by atoms with Gasteiger partial charge in [0.15, 0.2) is 4.21 Å². The molecule has 0 aromatic carbocycles. The minimum Gasteiger partial charge on any atom is -0.480 e. The van der Waals surface area contributed by atoms with Crippen molar-refractivity contribution in [3.63, 3.8) is 0 Å². The number of aromatic nitrogens is 1. The highest BCUT2D eigenvalue weighted by atomic mass is 32.2. The molecule has 9 heteroatoms. The van der Waals surface area contributed by atoms with E-state index in [1.54, 1.807) is 0 Å². The van der Waals surface area contributed by atoms with Crippen molar-refractivity contribution in [2.24, 2.45) is 0 Å². The predicted molar refractivity (Wildman–Crippen MR) is 68.8 cm³/mol. The smallest absolute Gasteiger partial charge is 0.322 e. The van der Waals surface area contributed by atoms with E-state index in [0.29, 0.717) is 30.6 Å². The maximum atomic E-state index is 12.5. The first-order chi connectivity index (χ1) is 8.84. The molecule has 1 fully saturated rings. The van der Waals surface area contributed by atoms with Gasteiger partial charge in [0, 0.05) is 12.2 Å². The number of nitrogens with zero attached hydrogens (tertiary/aromatic N) is 1. The molecule has 1 aliphatic heterocycles. The minimum atomic E-state index is -3.93. The number of aromatic amines is 1. The minimum absolute atomic E-state index is 0.0920. The maximum absolute atomic E-state index is 12.5. The third kappa shape index (κ3) is 2.58. The number of aliphatic carboxylic acids is 1. The van der Waals surface area contributed by atoms with Gasteiger partial charge in [-0.15, -0.1) is 0 Å². The highest BCUT2D eigenvalue weighted by Gasteiger charge is 2.39. The number of hydrogen-bond donors (Lipinski definition) is 2. The molecule has 1 aromatic heterocycles. The summed E-state index contributed by atoms with van der Waals surface area (Å²) >= 11 is 0.595. The van der Waals surface area contributed by atoms with Crippen molar-refractivity contribution < 1.29 is 18.3 Å². The van der Waals surface area contributed by atoms with Gasteiger partial charge in [-0.05, 0) is 26.2 Å². The van der Waals surface area contributed by atoms with Gasteiger partial charge >= 0.3 is 10.8 Å². The number of rotatable bonds is 3. The van der Waals surface area contributed by atoms with Crippen LogP contribution in [-0.2, 0) is 14.8 Å². The van der Waals surface area contributed by atoms with Crippen LogP contribution in [0.4, 0.5) is 0 Å². The van der Waals surface area contributed by atoms with E-state index in [0.717, 1.165) is 4.31 Å². The zero-order valence-electron chi connectivity index (χ0n) is 10.2. The largest absolute Gasteiger partial charge is 0.480 e. The van der Waals surface area contributed by atoms with E-state index >= 15 is 0 Å². The first kappa shape index (κ1) is 14.2. The first-order valence-electron chi connectivity index (χ1n) is 5.78. The topological polar surface area (TPSA) is 108 Å². The second-order valence-electron chi connectivity index (χ2n) is 4.39. The molecule has 2 N–H and O–H groups in total. The Morgan fingerprint density at radius 1 is 1.47 bits per heavy atom. The van der Waals surface area contributed by atoms with Crippen LogP contribution in [0.5, 0.6) is 0 Å². The third-order valence-electron chi connectivity index (χ3n) is 3.06. The van der Waals surface area contributed by atoms with E-state index in [1.165, 1.54) is 6.92 Å². The van der Waals surface area contributed by atoms with Gasteiger partial charge in [-0.1, -0.05) is 11.3 Å². The number of carbonyl (C=O) groups is 1. The van der Waals surface area contributed by atoms with Crippen molar-refractivity contribution in [2.45, 2.75) is 36.4 Å². The van der Waals surface area contributed by atoms with E-state index in [2.05, 4.69) is 4.98 Å². The zero-order valence-corrected chi connectivity index (χ0v) is 11.9. The summed E-state index contributed by atoms with van der Waals surface area (Å²) in [6.07, 6.45) is 1.61. The number of hydrogen-bond acceptors (Lipinski definition) is 5. The van der Waals surface area contributed by atoms with Crippen molar-refractivity contribution in [3.05, 3.63) is 15.4 Å². The summed E-state index contributed by atoms with van der Waals surface area (Å²) in [5, 5.41) is 9.12. The molecule has 2 rings (SSSR count). The molecule has 0 unspecified atom stereocenters. The Labute approximate surface area is 113 Å². The number of carboxylic acids is 1. The number of sulfonamides is 1. The Kier molecular flexibility index (Phi) is 3.79. The molecule has 0 saturated carbocycles. The molecular formula is C10H14N2O5S2. The summed E-state index contributed by atoms with van der Waals surface area (Å²) in [7, 11) is -3.93. The molecule has 1 aliphatic rings. The van der Waals surface area contributed by atoms with Gasteiger partial charge < -0.3 is 10.1 Å². The first-order valence-corrected chi connectivity index (χ1v) is 8.04. The number of aryl methyl sites for hydroxylation is 1. The lowest BCUT2D eigenvalue weighted by Gasteiger charge is -2.31. The van der Waals surface area contributed by atoms with Crippen LogP contribution in [0.1, 0.15) is 25.0 Å². The highest BCUT2D eigenvalue weighted by molar-refractivity contribution is 7.91. The summed E-state index contributed by atoms with van der Waals surface area (Å²) in [5.41, 5.74) is 0.254. The lowest BCUT2D eigenvalue weighted by atomic mass is 10.1. The van der Waals surface area contributed by atoms with Gasteiger partial charge in [0.1, 0.15) is 6.04 Å². The highest BCUT2D eigenvalue weighted by Crippen LogP contribution is 2.28. The summed E-state index contributed by atoms with van der Waals surface area (Å²) in [4.78, 5) is 24.3. The van der Waals surface area contributed by atoms with Crippen molar-refractivity contribution in [3.8, 4) is 0 Å². The molecule has 2 heterocycles. The molecular weight excluding hydrogens is 292 g/mol. The Balaban J connectivity index is 2.45. The Morgan fingerprint density at radius 2 is 2.16 bits per heavy atom. The van der Waals surface area contributed by atoms with E-state index in [-0.39, 0.29) is 16.4 Å².